The van der Waals surface area contributed by atoms with Crippen molar-refractivity contribution < 1.29 is 13.9 Å². The van der Waals surface area contributed by atoms with E-state index in [2.05, 4.69) is 9.97 Å². The standard InChI is InChI=1S/C18H13FN2O2S/c1-10-21-16-15(24-10)7-6-14(17(16)22)18-20-9-13(23-18)8-11-2-4-12(19)5-3-11/h2-7,9,22H,8H2,1H3. The zero-order chi connectivity index (χ0) is 16.7. The Kier molecular flexibility index (Phi) is 3.54. The van der Waals surface area contributed by atoms with Crippen LogP contribution >= 0.6 is 11.3 Å². The third kappa shape index (κ3) is 2.65. The van der Waals surface area contributed by atoms with Gasteiger partial charge in [-0.25, -0.2) is 14.4 Å². The second kappa shape index (κ2) is 5.72. The smallest absolute Gasteiger partial charge is 0.230 e. The lowest BCUT2D eigenvalue weighted by atomic mass is 10.1. The fourth-order valence-corrected chi connectivity index (χ4v) is 3.41. The second-order valence-electron chi connectivity index (χ2n) is 5.48. The van der Waals surface area contributed by atoms with Crippen LogP contribution in [0.25, 0.3) is 21.7 Å². The molecule has 0 unspecified atom stereocenters. The second-order valence-corrected chi connectivity index (χ2v) is 6.71. The number of hydrogen-bond donors (Lipinski definition) is 1. The predicted octanol–water partition coefficient (Wildman–Crippen LogP) is 4.70. The van der Waals surface area contributed by atoms with Crippen LogP contribution in [-0.4, -0.2) is 15.1 Å². The molecule has 2 heterocycles. The van der Waals surface area contributed by atoms with Gasteiger partial charge in [0.05, 0.1) is 21.5 Å². The normalized spacial score (nSPS) is 11.2. The Bertz CT molecular complexity index is 1020. The minimum absolute atomic E-state index is 0.0760. The molecule has 0 aliphatic carbocycles. The molecule has 0 atom stereocenters. The lowest BCUT2D eigenvalue weighted by molar-refractivity contribution is 0.475. The van der Waals surface area contributed by atoms with Gasteiger partial charge < -0.3 is 9.52 Å². The van der Waals surface area contributed by atoms with Crippen LogP contribution in [0, 0.1) is 12.7 Å². The van der Waals surface area contributed by atoms with E-state index in [1.807, 2.05) is 13.0 Å². The molecule has 6 heteroatoms. The van der Waals surface area contributed by atoms with Crippen LogP contribution in [0.2, 0.25) is 0 Å². The Morgan fingerprint density at radius 1 is 1.17 bits per heavy atom. The highest BCUT2D eigenvalue weighted by Crippen LogP contribution is 2.37. The van der Waals surface area contributed by atoms with Crippen molar-refractivity contribution in [2.24, 2.45) is 0 Å². The molecule has 120 valence electrons. The molecule has 0 fully saturated rings. The van der Waals surface area contributed by atoms with Crippen molar-refractivity contribution in [3.63, 3.8) is 0 Å². The summed E-state index contributed by atoms with van der Waals surface area (Å²) in [6.07, 6.45) is 2.13. The number of benzene rings is 2. The molecular weight excluding hydrogens is 327 g/mol. The van der Waals surface area contributed by atoms with Gasteiger partial charge in [-0.1, -0.05) is 12.1 Å². The third-order valence-corrected chi connectivity index (χ3v) is 4.65. The van der Waals surface area contributed by atoms with Crippen LogP contribution < -0.4 is 0 Å². The molecule has 4 rings (SSSR count). The molecule has 2 aromatic heterocycles. The van der Waals surface area contributed by atoms with Crippen molar-refractivity contribution in [1.82, 2.24) is 9.97 Å². The number of nitrogens with zero attached hydrogens (tertiary/aromatic N) is 2. The van der Waals surface area contributed by atoms with Gasteiger partial charge in [0, 0.05) is 6.42 Å². The Morgan fingerprint density at radius 2 is 1.96 bits per heavy atom. The fourth-order valence-electron chi connectivity index (χ4n) is 2.58. The van der Waals surface area contributed by atoms with Gasteiger partial charge in [-0.05, 0) is 36.8 Å². The van der Waals surface area contributed by atoms with E-state index in [1.54, 1.807) is 24.4 Å². The molecule has 2 aromatic carbocycles. The summed E-state index contributed by atoms with van der Waals surface area (Å²) in [6.45, 7) is 1.90. The fraction of sp³-hybridized carbons (Fsp3) is 0.111. The molecule has 4 nitrogen and oxygen atoms in total. The van der Waals surface area contributed by atoms with E-state index in [0.29, 0.717) is 29.2 Å². The zero-order valence-corrected chi connectivity index (χ0v) is 13.6. The number of phenols is 1. The molecule has 0 bridgehead atoms. The largest absolute Gasteiger partial charge is 0.505 e. The van der Waals surface area contributed by atoms with Crippen LogP contribution in [0.3, 0.4) is 0 Å². The molecule has 0 saturated heterocycles. The monoisotopic (exact) mass is 340 g/mol. The molecular formula is C18H13FN2O2S. The van der Waals surface area contributed by atoms with Gasteiger partial charge in [0.15, 0.2) is 5.75 Å². The van der Waals surface area contributed by atoms with Crippen LogP contribution in [0.1, 0.15) is 16.3 Å². The highest BCUT2D eigenvalue weighted by molar-refractivity contribution is 7.18. The van der Waals surface area contributed by atoms with Gasteiger partial charge in [-0.3, -0.25) is 0 Å². The number of thiazole rings is 1. The van der Waals surface area contributed by atoms with E-state index in [4.69, 9.17) is 4.42 Å². The van der Waals surface area contributed by atoms with Crippen molar-refractivity contribution in [3.8, 4) is 17.2 Å². The summed E-state index contributed by atoms with van der Waals surface area (Å²) < 4.78 is 19.6. The summed E-state index contributed by atoms with van der Waals surface area (Å²) in [5, 5.41) is 11.3. The molecule has 0 aliphatic rings. The molecule has 0 spiro atoms. The molecule has 0 amide bonds. The van der Waals surface area contributed by atoms with E-state index in [9.17, 15) is 9.50 Å². The molecule has 24 heavy (non-hydrogen) atoms. The maximum absolute atomic E-state index is 13.0. The van der Waals surface area contributed by atoms with E-state index in [0.717, 1.165) is 15.3 Å². The number of aryl methyl sites for hydroxylation is 1. The van der Waals surface area contributed by atoms with Crippen molar-refractivity contribution in [2.45, 2.75) is 13.3 Å². The van der Waals surface area contributed by atoms with Crippen molar-refractivity contribution >= 4 is 21.6 Å². The molecule has 1 N–H and O–H groups in total. The molecule has 0 saturated carbocycles. The maximum atomic E-state index is 13.0. The van der Waals surface area contributed by atoms with E-state index >= 15 is 0 Å². The molecule has 0 radical (unpaired) electrons. The highest BCUT2D eigenvalue weighted by atomic mass is 32.1. The molecule has 4 aromatic rings. The SMILES string of the molecule is Cc1nc2c(O)c(-c3ncc(Cc4ccc(F)cc4)o3)ccc2s1. The average molecular weight is 340 g/mol. The first-order chi connectivity index (χ1) is 11.6. The maximum Gasteiger partial charge on any atom is 0.230 e. The third-order valence-electron chi connectivity index (χ3n) is 3.72. The van der Waals surface area contributed by atoms with Crippen molar-refractivity contribution in [1.29, 1.82) is 0 Å². The summed E-state index contributed by atoms with van der Waals surface area (Å²) in [4.78, 5) is 8.59. The van der Waals surface area contributed by atoms with Crippen molar-refractivity contribution in [3.05, 3.63) is 64.7 Å². The Hall–Kier alpha value is -2.73. The summed E-state index contributed by atoms with van der Waals surface area (Å²) in [7, 11) is 0. The predicted molar refractivity (Wildman–Crippen MR) is 90.7 cm³/mol. The van der Waals surface area contributed by atoms with E-state index in [-0.39, 0.29) is 11.6 Å². The van der Waals surface area contributed by atoms with Gasteiger partial charge in [0.25, 0.3) is 0 Å². The highest BCUT2D eigenvalue weighted by Gasteiger charge is 2.16. The van der Waals surface area contributed by atoms with Crippen LogP contribution in [0.15, 0.2) is 47.0 Å². The van der Waals surface area contributed by atoms with Gasteiger partial charge in [0.2, 0.25) is 5.89 Å². The first-order valence-corrected chi connectivity index (χ1v) is 8.20. The number of oxazole rings is 1. The van der Waals surface area contributed by atoms with Gasteiger partial charge in [-0.2, -0.15) is 0 Å². The topological polar surface area (TPSA) is 59.2 Å². The summed E-state index contributed by atoms with van der Waals surface area (Å²) in [6, 6.07) is 9.92. The van der Waals surface area contributed by atoms with Crippen LogP contribution in [0.5, 0.6) is 5.75 Å². The van der Waals surface area contributed by atoms with Crippen LogP contribution in [0.4, 0.5) is 4.39 Å². The summed E-state index contributed by atoms with van der Waals surface area (Å²) in [5.74, 6) is 0.795. The number of fused-ring (bicyclic) bond motifs is 1. The van der Waals surface area contributed by atoms with Gasteiger partial charge >= 0.3 is 0 Å². The molecule has 0 aliphatic heterocycles. The quantitative estimate of drug-likeness (QED) is 0.587. The van der Waals surface area contributed by atoms with Crippen LogP contribution in [-0.2, 0) is 6.42 Å². The lowest BCUT2D eigenvalue weighted by Gasteiger charge is -2.01. The first-order valence-electron chi connectivity index (χ1n) is 7.39. The van der Waals surface area contributed by atoms with E-state index < -0.39 is 0 Å². The minimum Gasteiger partial charge on any atom is -0.505 e. The number of halogens is 1. The van der Waals surface area contributed by atoms with E-state index in [1.165, 1.54) is 23.5 Å². The van der Waals surface area contributed by atoms with Gasteiger partial charge in [0.1, 0.15) is 17.1 Å². The number of phenolic OH excluding ortho intramolecular Hbond substituents is 1. The number of hydrogen-bond acceptors (Lipinski definition) is 5. The Balaban J connectivity index is 1.67. The summed E-state index contributed by atoms with van der Waals surface area (Å²) in [5.41, 5.74) is 2.00. The number of aromatic hydroxyl groups is 1. The number of aromatic nitrogens is 2. The first kappa shape index (κ1) is 14.8. The number of rotatable bonds is 3. The Labute approximate surface area is 141 Å². The average Bonchev–Trinajstić information content (AvgIpc) is 3.16. The lowest BCUT2D eigenvalue weighted by Crippen LogP contribution is -1.85. The van der Waals surface area contributed by atoms with Gasteiger partial charge in [-0.15, -0.1) is 11.3 Å². The minimum atomic E-state index is -0.270. The zero-order valence-electron chi connectivity index (χ0n) is 12.8. The Morgan fingerprint density at radius 3 is 2.75 bits per heavy atom. The van der Waals surface area contributed by atoms with Crippen molar-refractivity contribution in [2.75, 3.05) is 0 Å². The summed E-state index contributed by atoms with van der Waals surface area (Å²) >= 11 is 1.53.